The van der Waals surface area contributed by atoms with Gasteiger partial charge in [0, 0.05) is 28.6 Å². The first-order valence-corrected chi connectivity index (χ1v) is 10.9. The summed E-state index contributed by atoms with van der Waals surface area (Å²) in [7, 11) is 0. The molecule has 1 fully saturated rings. The first kappa shape index (κ1) is 19.4. The Balaban J connectivity index is 1.55. The second-order valence-electron chi connectivity index (χ2n) is 7.22. The number of thiophene rings is 1. The van der Waals surface area contributed by atoms with Crippen molar-refractivity contribution in [3.8, 4) is 0 Å². The molecule has 0 spiro atoms. The van der Waals surface area contributed by atoms with Crippen molar-refractivity contribution >= 4 is 39.8 Å². The highest BCUT2D eigenvalue weighted by Gasteiger charge is 2.27. The van der Waals surface area contributed by atoms with Gasteiger partial charge in [-0.25, -0.2) is 0 Å². The number of amides is 2. The minimum absolute atomic E-state index is 0.0884. The lowest BCUT2D eigenvalue weighted by Gasteiger charge is -2.15. The number of fused-ring (bicyclic) bond motifs is 1. The number of aryl methyl sites for hydroxylation is 1. The zero-order chi connectivity index (χ0) is 19.5. The van der Waals surface area contributed by atoms with Gasteiger partial charge in [-0.3, -0.25) is 9.59 Å². The van der Waals surface area contributed by atoms with E-state index in [1.54, 1.807) is 24.3 Å². The van der Waals surface area contributed by atoms with Crippen molar-refractivity contribution < 1.29 is 14.3 Å². The van der Waals surface area contributed by atoms with E-state index in [1.807, 2.05) is 0 Å². The highest BCUT2D eigenvalue weighted by atomic mass is 35.5. The Labute approximate surface area is 173 Å². The van der Waals surface area contributed by atoms with Gasteiger partial charge in [0.2, 0.25) is 0 Å². The van der Waals surface area contributed by atoms with Gasteiger partial charge in [0.1, 0.15) is 5.00 Å². The van der Waals surface area contributed by atoms with E-state index in [1.165, 1.54) is 16.2 Å². The highest BCUT2D eigenvalue weighted by Crippen LogP contribution is 2.38. The molecule has 1 aliphatic carbocycles. The van der Waals surface area contributed by atoms with Gasteiger partial charge in [-0.15, -0.1) is 11.3 Å². The second-order valence-corrected chi connectivity index (χ2v) is 8.76. The molecule has 2 aromatic rings. The average molecular weight is 419 g/mol. The molecule has 5 nitrogen and oxygen atoms in total. The molecule has 1 saturated heterocycles. The lowest BCUT2D eigenvalue weighted by Crippen LogP contribution is -2.32. The Hall–Kier alpha value is -1.89. The monoisotopic (exact) mass is 418 g/mol. The molecule has 4 rings (SSSR count). The third kappa shape index (κ3) is 4.24. The summed E-state index contributed by atoms with van der Waals surface area (Å²) in [5.74, 6) is -0.357. The van der Waals surface area contributed by atoms with Crippen LogP contribution in [0.4, 0.5) is 5.00 Å². The Kier molecular flexibility index (Phi) is 5.99. The van der Waals surface area contributed by atoms with E-state index in [-0.39, 0.29) is 17.9 Å². The molecule has 1 aromatic heterocycles. The molecule has 148 valence electrons. The van der Waals surface area contributed by atoms with Crippen molar-refractivity contribution in [3.05, 3.63) is 50.9 Å². The summed E-state index contributed by atoms with van der Waals surface area (Å²) in [6.45, 7) is 1.27. The van der Waals surface area contributed by atoms with Crippen LogP contribution in [0.25, 0.3) is 0 Å². The molecule has 2 aliphatic rings. The normalized spacial score (nSPS) is 18.5. The SMILES string of the molecule is O=C(Nc1sc2c(c1C(=O)NCC1CCCO1)CCCC2)c1ccc(Cl)cc1. The number of nitrogens with one attached hydrogen (secondary N) is 2. The van der Waals surface area contributed by atoms with Crippen LogP contribution in [0.2, 0.25) is 5.02 Å². The molecule has 0 saturated carbocycles. The van der Waals surface area contributed by atoms with E-state index < -0.39 is 0 Å². The van der Waals surface area contributed by atoms with Gasteiger partial charge < -0.3 is 15.4 Å². The molecule has 0 radical (unpaired) electrons. The summed E-state index contributed by atoms with van der Waals surface area (Å²) >= 11 is 7.43. The average Bonchev–Trinajstić information content (AvgIpc) is 3.34. The maximum absolute atomic E-state index is 13.0. The molecule has 1 aliphatic heterocycles. The van der Waals surface area contributed by atoms with E-state index in [9.17, 15) is 9.59 Å². The van der Waals surface area contributed by atoms with Crippen molar-refractivity contribution in [2.45, 2.75) is 44.6 Å². The lowest BCUT2D eigenvalue weighted by molar-refractivity contribution is 0.0858. The number of carbonyl (C=O) groups excluding carboxylic acids is 2. The molecule has 2 N–H and O–H groups in total. The maximum atomic E-state index is 13.0. The van der Waals surface area contributed by atoms with Crippen LogP contribution in [0.15, 0.2) is 24.3 Å². The predicted molar refractivity (Wildman–Crippen MR) is 112 cm³/mol. The maximum Gasteiger partial charge on any atom is 0.256 e. The molecular formula is C21H23ClN2O3S. The van der Waals surface area contributed by atoms with Gasteiger partial charge >= 0.3 is 0 Å². The van der Waals surface area contributed by atoms with Gasteiger partial charge in [0.25, 0.3) is 11.8 Å². The standard InChI is InChI=1S/C21H23ClN2O3S/c22-14-9-7-13(8-10-14)19(25)24-21-18(16-5-1-2-6-17(16)28-21)20(26)23-12-15-4-3-11-27-15/h7-10,15H,1-6,11-12H2,(H,23,26)(H,24,25). The summed E-state index contributed by atoms with van der Waals surface area (Å²) in [6.07, 6.45) is 6.13. The van der Waals surface area contributed by atoms with Crippen LogP contribution in [-0.2, 0) is 17.6 Å². The van der Waals surface area contributed by atoms with Crippen LogP contribution in [0, 0.1) is 0 Å². The number of anilines is 1. The number of ether oxygens (including phenoxy) is 1. The van der Waals surface area contributed by atoms with Crippen LogP contribution >= 0.6 is 22.9 Å². The molecule has 1 unspecified atom stereocenters. The van der Waals surface area contributed by atoms with Crippen LogP contribution < -0.4 is 10.6 Å². The van der Waals surface area contributed by atoms with Crippen molar-refractivity contribution in [2.24, 2.45) is 0 Å². The third-order valence-corrected chi connectivity index (χ3v) is 6.71. The molecule has 7 heteroatoms. The smallest absolute Gasteiger partial charge is 0.256 e. The van der Waals surface area contributed by atoms with Crippen molar-refractivity contribution in [1.29, 1.82) is 0 Å². The van der Waals surface area contributed by atoms with Crippen LogP contribution in [0.5, 0.6) is 0 Å². The lowest BCUT2D eigenvalue weighted by atomic mass is 9.95. The topological polar surface area (TPSA) is 67.4 Å². The van der Waals surface area contributed by atoms with Crippen molar-refractivity contribution in [2.75, 3.05) is 18.5 Å². The number of carbonyl (C=O) groups is 2. The zero-order valence-corrected chi connectivity index (χ0v) is 17.1. The van der Waals surface area contributed by atoms with E-state index in [0.717, 1.165) is 50.7 Å². The summed E-state index contributed by atoms with van der Waals surface area (Å²) in [4.78, 5) is 26.9. The van der Waals surface area contributed by atoms with Crippen molar-refractivity contribution in [1.82, 2.24) is 5.32 Å². The Bertz CT molecular complexity index is 873. The molecule has 0 bridgehead atoms. The van der Waals surface area contributed by atoms with Crippen molar-refractivity contribution in [3.63, 3.8) is 0 Å². The molecular weight excluding hydrogens is 396 g/mol. The zero-order valence-electron chi connectivity index (χ0n) is 15.6. The van der Waals surface area contributed by atoms with E-state index in [2.05, 4.69) is 10.6 Å². The Morgan fingerprint density at radius 3 is 2.64 bits per heavy atom. The fourth-order valence-corrected chi connectivity index (χ4v) is 5.18. The minimum atomic E-state index is -0.233. The number of halogens is 1. The third-order valence-electron chi connectivity index (χ3n) is 5.25. The Morgan fingerprint density at radius 2 is 1.89 bits per heavy atom. The largest absolute Gasteiger partial charge is 0.376 e. The van der Waals surface area contributed by atoms with Gasteiger partial charge in [-0.05, 0) is 68.4 Å². The van der Waals surface area contributed by atoms with Gasteiger partial charge in [-0.1, -0.05) is 11.6 Å². The Morgan fingerprint density at radius 1 is 1.11 bits per heavy atom. The van der Waals surface area contributed by atoms with Gasteiger partial charge in [0.05, 0.1) is 11.7 Å². The van der Waals surface area contributed by atoms with Gasteiger partial charge in [-0.2, -0.15) is 0 Å². The number of hydrogen-bond acceptors (Lipinski definition) is 4. The van der Waals surface area contributed by atoms with Gasteiger partial charge in [0.15, 0.2) is 0 Å². The minimum Gasteiger partial charge on any atom is -0.376 e. The van der Waals surface area contributed by atoms with E-state index in [0.29, 0.717) is 27.7 Å². The van der Waals surface area contributed by atoms with E-state index in [4.69, 9.17) is 16.3 Å². The fourth-order valence-electron chi connectivity index (χ4n) is 3.77. The van der Waals surface area contributed by atoms with Crippen LogP contribution in [-0.4, -0.2) is 31.1 Å². The summed E-state index contributed by atoms with van der Waals surface area (Å²) in [5.41, 5.74) is 2.23. The first-order chi connectivity index (χ1) is 13.6. The van der Waals surface area contributed by atoms with Crippen LogP contribution in [0.1, 0.15) is 56.8 Å². The summed E-state index contributed by atoms with van der Waals surface area (Å²) in [5, 5.41) is 7.19. The number of rotatable bonds is 5. The quantitative estimate of drug-likeness (QED) is 0.754. The molecule has 2 heterocycles. The molecule has 1 atom stereocenters. The highest BCUT2D eigenvalue weighted by molar-refractivity contribution is 7.17. The summed E-state index contributed by atoms with van der Waals surface area (Å²) < 4.78 is 5.60. The first-order valence-electron chi connectivity index (χ1n) is 9.73. The predicted octanol–water partition coefficient (Wildman–Crippen LogP) is 4.44. The molecule has 1 aromatic carbocycles. The molecule has 28 heavy (non-hydrogen) atoms. The molecule has 2 amide bonds. The van der Waals surface area contributed by atoms with Crippen LogP contribution in [0.3, 0.4) is 0 Å². The summed E-state index contributed by atoms with van der Waals surface area (Å²) in [6, 6.07) is 6.74. The number of benzene rings is 1. The fraction of sp³-hybridized carbons (Fsp3) is 0.429. The number of hydrogen-bond donors (Lipinski definition) is 2. The second kappa shape index (κ2) is 8.64. The van der Waals surface area contributed by atoms with E-state index >= 15 is 0 Å².